The first-order valence-electron chi connectivity index (χ1n) is 6.16. The van der Waals surface area contributed by atoms with Gasteiger partial charge in [0.1, 0.15) is 11.6 Å². The Hall–Kier alpha value is -1.69. The molecule has 4 nitrogen and oxygen atoms in total. The van der Waals surface area contributed by atoms with E-state index in [2.05, 4.69) is 5.32 Å². The molecule has 2 atom stereocenters. The zero-order chi connectivity index (χ0) is 14.0. The van der Waals surface area contributed by atoms with Gasteiger partial charge in [-0.2, -0.15) is 0 Å². The van der Waals surface area contributed by atoms with Crippen LogP contribution in [0.4, 0.5) is 19.3 Å². The normalized spacial score (nSPS) is 20.4. The number of likely N-dealkylation sites (tertiary alicyclic amines) is 1. The number of urea groups is 1. The van der Waals surface area contributed by atoms with E-state index in [-0.39, 0.29) is 11.6 Å². The fourth-order valence-electron chi connectivity index (χ4n) is 2.19. The number of halogens is 2. The molecule has 1 aromatic carbocycles. The molecule has 0 saturated carbocycles. The molecule has 1 saturated heterocycles. The first-order valence-corrected chi connectivity index (χ1v) is 6.16. The molecule has 2 unspecified atom stereocenters. The van der Waals surface area contributed by atoms with E-state index in [1.807, 2.05) is 0 Å². The highest BCUT2D eigenvalue weighted by Crippen LogP contribution is 2.21. The Morgan fingerprint density at radius 1 is 1.42 bits per heavy atom. The van der Waals surface area contributed by atoms with Gasteiger partial charge in [0.05, 0.1) is 6.10 Å². The molecule has 19 heavy (non-hydrogen) atoms. The van der Waals surface area contributed by atoms with E-state index in [1.54, 1.807) is 6.92 Å². The van der Waals surface area contributed by atoms with Crippen LogP contribution in [0, 0.1) is 17.6 Å². The second kappa shape index (κ2) is 5.52. The van der Waals surface area contributed by atoms with Crippen LogP contribution >= 0.6 is 0 Å². The number of rotatable bonds is 2. The Labute approximate surface area is 110 Å². The van der Waals surface area contributed by atoms with Crippen molar-refractivity contribution in [3.63, 3.8) is 0 Å². The van der Waals surface area contributed by atoms with Gasteiger partial charge in [-0.1, -0.05) is 0 Å². The van der Waals surface area contributed by atoms with Crippen molar-refractivity contribution in [1.82, 2.24) is 4.90 Å². The lowest BCUT2D eigenvalue weighted by Crippen LogP contribution is -2.34. The number of amides is 2. The second-order valence-electron chi connectivity index (χ2n) is 4.82. The molecule has 2 rings (SSSR count). The first kappa shape index (κ1) is 13.7. The van der Waals surface area contributed by atoms with E-state index in [9.17, 15) is 18.7 Å². The van der Waals surface area contributed by atoms with Crippen molar-refractivity contribution in [2.24, 2.45) is 5.92 Å². The minimum Gasteiger partial charge on any atom is -0.393 e. The van der Waals surface area contributed by atoms with Crippen molar-refractivity contribution in [2.45, 2.75) is 19.4 Å². The number of carbonyl (C=O) groups is 1. The Morgan fingerprint density at radius 3 is 2.58 bits per heavy atom. The zero-order valence-corrected chi connectivity index (χ0v) is 10.6. The maximum absolute atomic E-state index is 13.0. The smallest absolute Gasteiger partial charge is 0.321 e. The SMILES string of the molecule is CC(O)C1CCN(C(=O)Nc2cc(F)cc(F)c2)C1. The molecule has 0 spiro atoms. The van der Waals surface area contributed by atoms with Crippen LogP contribution in [-0.4, -0.2) is 35.2 Å². The Kier molecular flexibility index (Phi) is 3.99. The molecular formula is C13H16F2N2O2. The highest BCUT2D eigenvalue weighted by Gasteiger charge is 2.29. The van der Waals surface area contributed by atoms with Crippen LogP contribution in [0.25, 0.3) is 0 Å². The number of anilines is 1. The van der Waals surface area contributed by atoms with Crippen molar-refractivity contribution in [3.8, 4) is 0 Å². The second-order valence-corrected chi connectivity index (χ2v) is 4.82. The third-order valence-corrected chi connectivity index (χ3v) is 3.31. The summed E-state index contributed by atoms with van der Waals surface area (Å²) in [5, 5.41) is 11.9. The summed E-state index contributed by atoms with van der Waals surface area (Å²) in [5.41, 5.74) is 0.0861. The van der Waals surface area contributed by atoms with Gasteiger partial charge in [-0.05, 0) is 25.5 Å². The Bertz CT molecular complexity index is 459. The molecule has 2 N–H and O–H groups in total. The Morgan fingerprint density at radius 2 is 2.05 bits per heavy atom. The summed E-state index contributed by atoms with van der Waals surface area (Å²) in [7, 11) is 0. The Balaban J connectivity index is 1.98. The van der Waals surface area contributed by atoms with E-state index in [0.717, 1.165) is 24.6 Å². The number of benzene rings is 1. The monoisotopic (exact) mass is 270 g/mol. The maximum atomic E-state index is 13.0. The fourth-order valence-corrected chi connectivity index (χ4v) is 2.19. The number of aliphatic hydroxyl groups excluding tert-OH is 1. The fraction of sp³-hybridized carbons (Fsp3) is 0.462. The van der Waals surface area contributed by atoms with Crippen molar-refractivity contribution in [2.75, 3.05) is 18.4 Å². The predicted octanol–water partition coefficient (Wildman–Crippen LogP) is 2.20. The van der Waals surface area contributed by atoms with Gasteiger partial charge < -0.3 is 15.3 Å². The highest BCUT2D eigenvalue weighted by molar-refractivity contribution is 5.89. The highest BCUT2D eigenvalue weighted by atomic mass is 19.1. The van der Waals surface area contributed by atoms with Gasteiger partial charge in [-0.25, -0.2) is 13.6 Å². The topological polar surface area (TPSA) is 52.6 Å². The molecule has 1 fully saturated rings. The predicted molar refractivity (Wildman–Crippen MR) is 66.7 cm³/mol. The molecule has 1 aromatic rings. The average molecular weight is 270 g/mol. The van der Waals surface area contributed by atoms with Crippen molar-refractivity contribution >= 4 is 11.7 Å². The van der Waals surface area contributed by atoms with E-state index in [0.29, 0.717) is 13.1 Å². The number of carbonyl (C=O) groups excluding carboxylic acids is 1. The molecule has 1 aliphatic rings. The van der Waals surface area contributed by atoms with E-state index >= 15 is 0 Å². The molecule has 1 heterocycles. The average Bonchev–Trinajstić information content (AvgIpc) is 2.76. The summed E-state index contributed by atoms with van der Waals surface area (Å²) >= 11 is 0. The minimum atomic E-state index is -0.737. The van der Waals surface area contributed by atoms with Gasteiger partial charge in [0.2, 0.25) is 0 Å². The third kappa shape index (κ3) is 3.41. The summed E-state index contributed by atoms with van der Waals surface area (Å²) in [4.78, 5) is 13.4. The van der Waals surface area contributed by atoms with Crippen LogP contribution in [-0.2, 0) is 0 Å². The number of aliphatic hydroxyl groups is 1. The number of hydrogen-bond acceptors (Lipinski definition) is 2. The molecule has 1 aliphatic heterocycles. The first-order chi connectivity index (χ1) is 8.95. The number of hydrogen-bond donors (Lipinski definition) is 2. The molecule has 0 aromatic heterocycles. The summed E-state index contributed by atoms with van der Waals surface area (Å²) in [5.74, 6) is -1.42. The standard InChI is InChI=1S/C13H16F2N2O2/c1-8(18)9-2-3-17(7-9)13(19)16-12-5-10(14)4-11(15)6-12/h4-6,8-9,18H,2-3,7H2,1H3,(H,16,19). The summed E-state index contributed by atoms with van der Waals surface area (Å²) in [6.07, 6.45) is 0.257. The van der Waals surface area contributed by atoms with Crippen LogP contribution < -0.4 is 5.32 Å². The van der Waals surface area contributed by atoms with E-state index in [4.69, 9.17) is 0 Å². The lowest BCUT2D eigenvalue weighted by Gasteiger charge is -2.18. The molecule has 0 aliphatic carbocycles. The van der Waals surface area contributed by atoms with Crippen LogP contribution in [0.2, 0.25) is 0 Å². The van der Waals surface area contributed by atoms with Gasteiger partial charge >= 0.3 is 6.03 Å². The molecule has 104 valence electrons. The van der Waals surface area contributed by atoms with E-state index < -0.39 is 23.8 Å². The summed E-state index contributed by atoms with van der Waals surface area (Å²) in [6.45, 7) is 2.66. The molecule has 0 bridgehead atoms. The molecule has 2 amide bonds. The lowest BCUT2D eigenvalue weighted by atomic mass is 10.0. The maximum Gasteiger partial charge on any atom is 0.321 e. The number of nitrogens with zero attached hydrogens (tertiary/aromatic N) is 1. The van der Waals surface area contributed by atoms with Crippen LogP contribution in [0.15, 0.2) is 18.2 Å². The van der Waals surface area contributed by atoms with Crippen LogP contribution in [0.3, 0.4) is 0 Å². The molecule has 6 heteroatoms. The summed E-state index contributed by atoms with van der Waals surface area (Å²) in [6, 6.07) is 2.45. The molecule has 0 radical (unpaired) electrons. The zero-order valence-electron chi connectivity index (χ0n) is 10.6. The minimum absolute atomic E-state index is 0.0509. The number of nitrogens with one attached hydrogen (secondary N) is 1. The van der Waals surface area contributed by atoms with Gasteiger partial charge in [0.25, 0.3) is 0 Å². The van der Waals surface area contributed by atoms with Crippen molar-refractivity contribution in [1.29, 1.82) is 0 Å². The van der Waals surface area contributed by atoms with Gasteiger partial charge in [-0.3, -0.25) is 0 Å². The largest absolute Gasteiger partial charge is 0.393 e. The third-order valence-electron chi connectivity index (χ3n) is 3.31. The van der Waals surface area contributed by atoms with Crippen LogP contribution in [0.5, 0.6) is 0 Å². The quantitative estimate of drug-likeness (QED) is 0.865. The van der Waals surface area contributed by atoms with Gasteiger partial charge in [0, 0.05) is 30.8 Å². The van der Waals surface area contributed by atoms with Crippen LogP contribution in [0.1, 0.15) is 13.3 Å². The van der Waals surface area contributed by atoms with E-state index in [1.165, 1.54) is 4.90 Å². The lowest BCUT2D eigenvalue weighted by molar-refractivity contribution is 0.130. The van der Waals surface area contributed by atoms with Gasteiger partial charge in [-0.15, -0.1) is 0 Å². The van der Waals surface area contributed by atoms with Crippen molar-refractivity contribution in [3.05, 3.63) is 29.8 Å². The van der Waals surface area contributed by atoms with Crippen molar-refractivity contribution < 1.29 is 18.7 Å². The van der Waals surface area contributed by atoms with Gasteiger partial charge in [0.15, 0.2) is 0 Å². The molecular weight excluding hydrogens is 254 g/mol. The summed E-state index contributed by atoms with van der Waals surface area (Å²) < 4.78 is 26.0.